The van der Waals surface area contributed by atoms with Crippen molar-refractivity contribution in [2.45, 2.75) is 6.92 Å². The van der Waals surface area contributed by atoms with Gasteiger partial charge in [-0.3, -0.25) is 9.59 Å². The predicted octanol–water partition coefficient (Wildman–Crippen LogP) is 3.40. The minimum absolute atomic E-state index is 0.129. The van der Waals surface area contributed by atoms with Crippen molar-refractivity contribution in [3.05, 3.63) is 70.8 Å². The molecule has 0 fully saturated rings. The van der Waals surface area contributed by atoms with Crippen LogP contribution >= 0.6 is 11.6 Å². The number of carbonyl (C=O) groups is 3. The van der Waals surface area contributed by atoms with Gasteiger partial charge in [-0.15, -0.1) is 0 Å². The number of anilines is 1. The van der Waals surface area contributed by atoms with Crippen LogP contribution in [-0.2, 0) is 19.1 Å². The first-order valence-electron chi connectivity index (χ1n) is 8.73. The molecular formula is C21H18ClNO5. The zero-order valence-corrected chi connectivity index (χ0v) is 15.9. The number of esters is 1. The molecule has 0 saturated heterocycles. The Hall–Kier alpha value is -2.96. The molecule has 7 heteroatoms. The monoisotopic (exact) mass is 399 g/mol. The van der Waals surface area contributed by atoms with Gasteiger partial charge in [0, 0.05) is 6.61 Å². The van der Waals surface area contributed by atoms with Crippen LogP contribution < -0.4 is 4.90 Å². The van der Waals surface area contributed by atoms with Gasteiger partial charge in [0.25, 0.3) is 11.8 Å². The summed E-state index contributed by atoms with van der Waals surface area (Å²) in [6.45, 7) is 2.87. The maximum Gasteiger partial charge on any atom is 0.338 e. The number of imide groups is 1. The van der Waals surface area contributed by atoms with Crippen molar-refractivity contribution >= 4 is 40.6 Å². The Bertz CT molecular complexity index is 922. The average molecular weight is 400 g/mol. The molecule has 2 aromatic carbocycles. The highest BCUT2D eigenvalue weighted by atomic mass is 35.5. The van der Waals surface area contributed by atoms with E-state index in [4.69, 9.17) is 21.1 Å². The minimum Gasteiger partial charge on any atom is -0.460 e. The maximum atomic E-state index is 12.8. The van der Waals surface area contributed by atoms with E-state index >= 15 is 0 Å². The number of nitrogens with zero attached hydrogens (tertiary/aromatic N) is 1. The van der Waals surface area contributed by atoms with E-state index in [-0.39, 0.29) is 17.2 Å². The van der Waals surface area contributed by atoms with Crippen molar-refractivity contribution < 1.29 is 23.9 Å². The third-order valence-corrected chi connectivity index (χ3v) is 4.47. The highest BCUT2D eigenvalue weighted by Gasteiger charge is 2.39. The molecule has 6 nitrogen and oxygen atoms in total. The van der Waals surface area contributed by atoms with E-state index in [0.717, 1.165) is 4.90 Å². The van der Waals surface area contributed by atoms with Gasteiger partial charge in [-0.05, 0) is 36.8 Å². The summed E-state index contributed by atoms with van der Waals surface area (Å²) in [6.07, 6.45) is 0. The second kappa shape index (κ2) is 8.82. The van der Waals surface area contributed by atoms with Crippen LogP contribution in [0.2, 0.25) is 0 Å². The molecule has 0 saturated carbocycles. The number of carbonyl (C=O) groups excluding carboxylic acids is 3. The van der Waals surface area contributed by atoms with E-state index in [0.29, 0.717) is 30.0 Å². The van der Waals surface area contributed by atoms with Crippen LogP contribution in [-0.4, -0.2) is 37.6 Å². The van der Waals surface area contributed by atoms with Crippen LogP contribution in [0.3, 0.4) is 0 Å². The van der Waals surface area contributed by atoms with Crippen molar-refractivity contribution in [1.82, 2.24) is 0 Å². The molecule has 0 aromatic heterocycles. The summed E-state index contributed by atoms with van der Waals surface area (Å²) in [5, 5.41) is -0.129. The lowest BCUT2D eigenvalue weighted by atomic mass is 10.1. The summed E-state index contributed by atoms with van der Waals surface area (Å²) in [7, 11) is 0. The molecular weight excluding hydrogens is 382 g/mol. The van der Waals surface area contributed by atoms with E-state index in [1.54, 1.807) is 24.3 Å². The molecule has 0 aliphatic carbocycles. The van der Waals surface area contributed by atoms with Crippen molar-refractivity contribution in [3.8, 4) is 0 Å². The first-order chi connectivity index (χ1) is 13.5. The number of hydrogen-bond donors (Lipinski definition) is 0. The van der Waals surface area contributed by atoms with Crippen molar-refractivity contribution in [1.29, 1.82) is 0 Å². The number of hydrogen-bond acceptors (Lipinski definition) is 5. The van der Waals surface area contributed by atoms with E-state index in [2.05, 4.69) is 0 Å². The summed E-state index contributed by atoms with van der Waals surface area (Å²) in [5.74, 6) is -1.61. The van der Waals surface area contributed by atoms with Crippen LogP contribution in [0.1, 0.15) is 22.8 Å². The third kappa shape index (κ3) is 3.98. The smallest absolute Gasteiger partial charge is 0.338 e. The van der Waals surface area contributed by atoms with Gasteiger partial charge in [-0.2, -0.15) is 0 Å². The van der Waals surface area contributed by atoms with Crippen molar-refractivity contribution in [2.75, 3.05) is 24.7 Å². The van der Waals surface area contributed by atoms with Gasteiger partial charge in [0.15, 0.2) is 0 Å². The van der Waals surface area contributed by atoms with E-state index in [9.17, 15) is 14.4 Å². The molecule has 0 spiro atoms. The molecule has 3 rings (SSSR count). The first kappa shape index (κ1) is 19.8. The van der Waals surface area contributed by atoms with Crippen LogP contribution in [0.4, 0.5) is 5.69 Å². The SMILES string of the molecule is CCOCCOC(=O)c1ccc(N2C(=O)C(Cl)=C(c3ccccc3)C2=O)cc1. The minimum atomic E-state index is -0.599. The number of benzene rings is 2. The normalized spacial score (nSPS) is 14.0. The number of amides is 2. The Morgan fingerprint density at radius 2 is 1.64 bits per heavy atom. The molecule has 1 aliphatic heterocycles. The second-order valence-corrected chi connectivity index (χ2v) is 6.26. The molecule has 28 heavy (non-hydrogen) atoms. The average Bonchev–Trinajstić information content (AvgIpc) is 2.94. The van der Waals surface area contributed by atoms with E-state index in [1.807, 2.05) is 13.0 Å². The molecule has 1 heterocycles. The van der Waals surface area contributed by atoms with Crippen LogP contribution in [0.15, 0.2) is 59.6 Å². The number of rotatable bonds is 7. The lowest BCUT2D eigenvalue weighted by Gasteiger charge is -2.15. The Labute approximate surface area is 167 Å². The lowest BCUT2D eigenvalue weighted by molar-refractivity contribution is -0.119. The summed E-state index contributed by atoms with van der Waals surface area (Å²) in [5.41, 5.74) is 1.36. The maximum absolute atomic E-state index is 12.8. The standard InChI is InChI=1S/C21H18ClNO5/c1-2-27-12-13-28-21(26)15-8-10-16(11-9-15)23-19(24)17(18(22)20(23)25)14-6-4-3-5-7-14/h3-11H,2,12-13H2,1H3. The fraction of sp³-hybridized carbons (Fsp3) is 0.190. The summed E-state index contributed by atoms with van der Waals surface area (Å²) in [6, 6.07) is 14.8. The Balaban J connectivity index is 1.75. The molecule has 0 unspecified atom stereocenters. The van der Waals surface area contributed by atoms with E-state index < -0.39 is 17.8 Å². The Kier molecular flexibility index (Phi) is 6.23. The molecule has 0 radical (unpaired) electrons. The number of halogens is 1. The quantitative estimate of drug-likeness (QED) is 0.405. The highest BCUT2D eigenvalue weighted by Crippen LogP contribution is 2.34. The molecule has 2 aromatic rings. The predicted molar refractivity (Wildman–Crippen MR) is 105 cm³/mol. The van der Waals surface area contributed by atoms with Gasteiger partial charge in [-0.25, -0.2) is 9.69 Å². The molecule has 0 bridgehead atoms. The Morgan fingerprint density at radius 3 is 2.29 bits per heavy atom. The number of ether oxygens (including phenoxy) is 2. The second-order valence-electron chi connectivity index (χ2n) is 5.88. The van der Waals surface area contributed by atoms with Crippen LogP contribution in [0.5, 0.6) is 0 Å². The van der Waals surface area contributed by atoms with Crippen molar-refractivity contribution in [3.63, 3.8) is 0 Å². The summed E-state index contributed by atoms with van der Waals surface area (Å²) in [4.78, 5) is 38.3. The zero-order valence-electron chi connectivity index (χ0n) is 15.2. The zero-order chi connectivity index (χ0) is 20.1. The van der Waals surface area contributed by atoms with Gasteiger partial charge in [-0.1, -0.05) is 41.9 Å². The van der Waals surface area contributed by atoms with Crippen LogP contribution in [0, 0.1) is 0 Å². The lowest BCUT2D eigenvalue weighted by Crippen LogP contribution is -2.31. The largest absolute Gasteiger partial charge is 0.460 e. The Morgan fingerprint density at radius 1 is 0.964 bits per heavy atom. The van der Waals surface area contributed by atoms with Crippen molar-refractivity contribution in [2.24, 2.45) is 0 Å². The van der Waals surface area contributed by atoms with Crippen LogP contribution in [0.25, 0.3) is 5.57 Å². The van der Waals surface area contributed by atoms with E-state index in [1.165, 1.54) is 24.3 Å². The van der Waals surface area contributed by atoms with Gasteiger partial charge >= 0.3 is 5.97 Å². The van der Waals surface area contributed by atoms with Gasteiger partial charge in [0.2, 0.25) is 0 Å². The van der Waals surface area contributed by atoms with Gasteiger partial charge in [0.05, 0.1) is 23.4 Å². The van der Waals surface area contributed by atoms with Gasteiger partial charge < -0.3 is 9.47 Å². The third-order valence-electron chi connectivity index (χ3n) is 4.12. The molecule has 0 N–H and O–H groups in total. The molecule has 2 amide bonds. The van der Waals surface area contributed by atoms with Gasteiger partial charge in [0.1, 0.15) is 11.6 Å². The fourth-order valence-corrected chi connectivity index (χ4v) is 3.03. The molecule has 144 valence electrons. The summed E-state index contributed by atoms with van der Waals surface area (Å²) >= 11 is 6.15. The summed E-state index contributed by atoms with van der Waals surface area (Å²) < 4.78 is 10.2. The highest BCUT2D eigenvalue weighted by molar-refractivity contribution is 6.60. The first-order valence-corrected chi connectivity index (χ1v) is 9.11. The molecule has 1 aliphatic rings. The fourth-order valence-electron chi connectivity index (χ4n) is 2.76. The topological polar surface area (TPSA) is 72.9 Å². The molecule has 0 atom stereocenters.